The largest absolute Gasteiger partial charge is 0.393 e. The highest BCUT2D eigenvalue weighted by atomic mass is 127. The molecular weight excluding hydrogens is 498 g/mol. The highest BCUT2D eigenvalue weighted by molar-refractivity contribution is 14.0. The maximum atomic E-state index is 14.7. The number of anilines is 1. The van der Waals surface area contributed by atoms with Gasteiger partial charge in [0.05, 0.1) is 24.9 Å². The molecule has 0 radical (unpaired) electrons. The Labute approximate surface area is 196 Å². The summed E-state index contributed by atoms with van der Waals surface area (Å²) in [7, 11) is 0. The van der Waals surface area contributed by atoms with Gasteiger partial charge in [-0.1, -0.05) is 6.07 Å². The monoisotopic (exact) mass is 534 g/mol. The van der Waals surface area contributed by atoms with Gasteiger partial charge in [-0.25, -0.2) is 9.38 Å². The molecule has 0 spiro atoms. The lowest BCUT2D eigenvalue weighted by atomic mass is 10.1. The van der Waals surface area contributed by atoms with Gasteiger partial charge >= 0.3 is 0 Å². The van der Waals surface area contributed by atoms with Crippen LogP contribution in [0.25, 0.3) is 0 Å². The fourth-order valence-electron chi connectivity index (χ4n) is 4.05. The summed E-state index contributed by atoms with van der Waals surface area (Å²) in [6.45, 7) is 10.2. The van der Waals surface area contributed by atoms with Crippen molar-refractivity contribution < 1.29 is 14.2 Å². The number of aliphatic hydroxyl groups is 1. The van der Waals surface area contributed by atoms with Gasteiger partial charge in [0, 0.05) is 45.2 Å². The Hall–Kier alpha value is -1.13. The molecule has 8 heteroatoms. The van der Waals surface area contributed by atoms with Crippen molar-refractivity contribution in [3.05, 3.63) is 29.6 Å². The highest BCUT2D eigenvalue weighted by Crippen LogP contribution is 2.25. The van der Waals surface area contributed by atoms with E-state index in [9.17, 15) is 9.50 Å². The Bertz CT molecular complexity index is 683. The Morgan fingerprint density at radius 2 is 2.00 bits per heavy atom. The highest BCUT2D eigenvalue weighted by Gasteiger charge is 2.25. The Balaban J connectivity index is 0.00000320. The maximum Gasteiger partial charge on any atom is 0.194 e. The minimum absolute atomic E-state index is 0. The van der Waals surface area contributed by atoms with E-state index in [1.54, 1.807) is 6.07 Å². The lowest BCUT2D eigenvalue weighted by Crippen LogP contribution is -2.40. The number of aliphatic imine (C=N–C) groups is 1. The van der Waals surface area contributed by atoms with Crippen LogP contribution in [0.1, 0.15) is 38.7 Å². The van der Waals surface area contributed by atoms with Crippen LogP contribution in [0.5, 0.6) is 0 Å². The molecule has 0 aliphatic carbocycles. The minimum atomic E-state index is -0.258. The molecule has 2 fully saturated rings. The third kappa shape index (κ3) is 6.95. The van der Waals surface area contributed by atoms with Crippen LogP contribution in [-0.4, -0.2) is 68.0 Å². The summed E-state index contributed by atoms with van der Waals surface area (Å²) in [5, 5.41) is 13.0. The number of nitrogens with zero attached hydrogens (tertiary/aromatic N) is 3. The van der Waals surface area contributed by atoms with E-state index in [4.69, 9.17) is 9.73 Å². The number of ether oxygens (including phenoxy) is 1. The molecule has 0 saturated carbocycles. The number of nitrogens with one attached hydrogen (secondary N) is 1. The SMILES string of the molecule is CCNC(=NCc1ccc(N2CCC(O)CC2)c(F)c1)N1CCC(COCC)C1.I. The summed E-state index contributed by atoms with van der Waals surface area (Å²) >= 11 is 0. The standard InChI is InChI=1S/C22H35FN4O2.HI/c1-3-24-22(27-10-7-18(15-27)16-29-4-2)25-14-17-5-6-21(20(23)13-17)26-11-8-19(28)9-12-26;/h5-6,13,18-19,28H,3-4,7-12,14-16H2,1-2H3,(H,24,25);1H. The normalized spacial score (nSPS) is 20.4. The average molecular weight is 534 g/mol. The molecule has 0 amide bonds. The molecule has 0 aromatic heterocycles. The van der Waals surface area contributed by atoms with Gasteiger partial charge < -0.3 is 25.0 Å². The zero-order chi connectivity index (χ0) is 20.6. The van der Waals surface area contributed by atoms with Gasteiger partial charge in [-0.2, -0.15) is 0 Å². The van der Waals surface area contributed by atoms with Gasteiger partial charge in [0.25, 0.3) is 0 Å². The fraction of sp³-hybridized carbons (Fsp3) is 0.682. The number of halogens is 2. The summed E-state index contributed by atoms with van der Waals surface area (Å²) in [6, 6.07) is 5.40. The molecule has 2 aliphatic heterocycles. The first kappa shape index (κ1) is 25.1. The summed E-state index contributed by atoms with van der Waals surface area (Å²) in [4.78, 5) is 9.04. The van der Waals surface area contributed by atoms with Gasteiger partial charge in [-0.05, 0) is 50.8 Å². The molecule has 2 aliphatic rings. The summed E-state index contributed by atoms with van der Waals surface area (Å²) in [6.07, 6.45) is 2.24. The summed E-state index contributed by atoms with van der Waals surface area (Å²) in [5.41, 5.74) is 1.48. The van der Waals surface area contributed by atoms with Gasteiger partial charge in [0.1, 0.15) is 5.82 Å². The van der Waals surface area contributed by atoms with Gasteiger partial charge in [-0.3, -0.25) is 0 Å². The van der Waals surface area contributed by atoms with Crippen molar-refractivity contribution in [1.29, 1.82) is 0 Å². The molecule has 2 N–H and O–H groups in total. The molecule has 1 atom stereocenters. The first-order valence-corrected chi connectivity index (χ1v) is 10.9. The first-order chi connectivity index (χ1) is 14.1. The van der Waals surface area contributed by atoms with E-state index in [0.717, 1.165) is 50.8 Å². The predicted molar refractivity (Wildman–Crippen MR) is 130 cm³/mol. The second-order valence-electron chi connectivity index (χ2n) is 7.93. The lowest BCUT2D eigenvalue weighted by Gasteiger charge is -2.31. The van der Waals surface area contributed by atoms with E-state index >= 15 is 0 Å². The van der Waals surface area contributed by atoms with Crippen LogP contribution in [-0.2, 0) is 11.3 Å². The molecule has 6 nitrogen and oxygen atoms in total. The number of likely N-dealkylation sites (tertiary alicyclic amines) is 1. The molecule has 2 saturated heterocycles. The number of rotatable bonds is 7. The molecular formula is C22H36FIN4O2. The van der Waals surface area contributed by atoms with Crippen LogP contribution in [0.3, 0.4) is 0 Å². The zero-order valence-corrected chi connectivity index (χ0v) is 20.5. The van der Waals surface area contributed by atoms with Crippen LogP contribution in [0, 0.1) is 11.7 Å². The summed E-state index contributed by atoms with van der Waals surface area (Å²) in [5.74, 6) is 1.22. The minimum Gasteiger partial charge on any atom is -0.393 e. The topological polar surface area (TPSA) is 60.3 Å². The van der Waals surface area contributed by atoms with Crippen molar-refractivity contribution in [2.45, 2.75) is 45.8 Å². The third-order valence-corrected chi connectivity index (χ3v) is 5.71. The molecule has 170 valence electrons. The van der Waals surface area contributed by atoms with E-state index in [0.29, 0.717) is 44.1 Å². The Morgan fingerprint density at radius 1 is 1.23 bits per heavy atom. The molecule has 3 rings (SSSR count). The van der Waals surface area contributed by atoms with Gasteiger partial charge in [0.2, 0.25) is 0 Å². The van der Waals surface area contributed by atoms with Crippen molar-refractivity contribution in [3.63, 3.8) is 0 Å². The van der Waals surface area contributed by atoms with Crippen LogP contribution < -0.4 is 10.2 Å². The Morgan fingerprint density at radius 3 is 2.67 bits per heavy atom. The molecule has 30 heavy (non-hydrogen) atoms. The molecule has 0 bridgehead atoms. The number of piperidine rings is 1. The van der Waals surface area contributed by atoms with Crippen LogP contribution in [0.2, 0.25) is 0 Å². The lowest BCUT2D eigenvalue weighted by molar-refractivity contribution is 0.114. The Kier molecular flexibility index (Phi) is 10.6. The predicted octanol–water partition coefficient (Wildman–Crippen LogP) is 3.23. The fourth-order valence-corrected chi connectivity index (χ4v) is 4.05. The summed E-state index contributed by atoms with van der Waals surface area (Å²) < 4.78 is 20.3. The average Bonchev–Trinajstić information content (AvgIpc) is 3.19. The molecule has 1 unspecified atom stereocenters. The van der Waals surface area contributed by atoms with E-state index < -0.39 is 0 Å². The van der Waals surface area contributed by atoms with Gasteiger partial charge in [0.15, 0.2) is 5.96 Å². The second kappa shape index (κ2) is 12.7. The van der Waals surface area contributed by atoms with Crippen molar-refractivity contribution in [2.75, 3.05) is 50.8 Å². The van der Waals surface area contributed by atoms with Crippen LogP contribution in [0.4, 0.5) is 10.1 Å². The zero-order valence-electron chi connectivity index (χ0n) is 18.1. The van der Waals surface area contributed by atoms with E-state index in [2.05, 4.69) is 17.1 Å². The van der Waals surface area contributed by atoms with Gasteiger partial charge in [-0.15, -0.1) is 24.0 Å². The van der Waals surface area contributed by atoms with Crippen LogP contribution in [0.15, 0.2) is 23.2 Å². The third-order valence-electron chi connectivity index (χ3n) is 5.71. The number of aliphatic hydroxyl groups excluding tert-OH is 1. The number of guanidine groups is 1. The van der Waals surface area contributed by atoms with Crippen molar-refractivity contribution in [2.24, 2.45) is 10.9 Å². The van der Waals surface area contributed by atoms with Crippen molar-refractivity contribution in [1.82, 2.24) is 10.2 Å². The van der Waals surface area contributed by atoms with Crippen LogP contribution >= 0.6 is 24.0 Å². The number of hydrogen-bond donors (Lipinski definition) is 2. The number of hydrogen-bond acceptors (Lipinski definition) is 4. The van der Waals surface area contributed by atoms with Crippen molar-refractivity contribution >= 4 is 35.6 Å². The van der Waals surface area contributed by atoms with Crippen molar-refractivity contribution in [3.8, 4) is 0 Å². The second-order valence-corrected chi connectivity index (χ2v) is 7.93. The van der Waals surface area contributed by atoms with E-state index in [-0.39, 0.29) is 35.9 Å². The van der Waals surface area contributed by atoms with E-state index in [1.165, 1.54) is 0 Å². The quantitative estimate of drug-likeness (QED) is 0.320. The van der Waals surface area contributed by atoms with E-state index in [1.807, 2.05) is 24.0 Å². The first-order valence-electron chi connectivity index (χ1n) is 10.9. The smallest absolute Gasteiger partial charge is 0.194 e. The molecule has 1 aromatic carbocycles. The molecule has 2 heterocycles. The number of benzene rings is 1. The maximum absolute atomic E-state index is 14.7. The molecule has 1 aromatic rings.